The number of aromatic nitrogens is 2. The molecule has 0 aliphatic carbocycles. The predicted octanol–water partition coefficient (Wildman–Crippen LogP) is 11.2. The molecule has 2 nitrogen and oxygen atoms in total. The van der Waals surface area contributed by atoms with Gasteiger partial charge in [0.15, 0.2) is 0 Å². The molecule has 2 heterocycles. The fourth-order valence-electron chi connectivity index (χ4n) is 6.98. The van der Waals surface area contributed by atoms with Gasteiger partial charge in [0.1, 0.15) is 0 Å². The topological polar surface area (TPSA) is 9.86 Å². The second kappa shape index (κ2) is 9.86. The zero-order chi connectivity index (χ0) is 29.0. The lowest BCUT2D eigenvalue weighted by Gasteiger charge is -2.16. The summed E-state index contributed by atoms with van der Waals surface area (Å²) in [5, 5.41) is 5.02. The second-order valence-electron chi connectivity index (χ2n) is 11.4. The minimum atomic E-state index is 1.16. The number of benzene rings is 7. The van der Waals surface area contributed by atoms with Gasteiger partial charge >= 0.3 is 0 Å². The highest BCUT2D eigenvalue weighted by Gasteiger charge is 2.22. The van der Waals surface area contributed by atoms with Gasteiger partial charge in [-0.3, -0.25) is 0 Å². The van der Waals surface area contributed by atoms with Crippen LogP contribution in [0.25, 0.3) is 77.2 Å². The smallest absolute Gasteiger partial charge is 0.0789 e. The summed E-state index contributed by atoms with van der Waals surface area (Å²) in [6.07, 6.45) is 0. The van der Waals surface area contributed by atoms with Crippen molar-refractivity contribution < 1.29 is 0 Å². The first-order chi connectivity index (χ1) is 21.9. The van der Waals surface area contributed by atoms with Gasteiger partial charge in [-0.05, 0) is 47.0 Å². The van der Waals surface area contributed by atoms with Crippen molar-refractivity contribution in [2.45, 2.75) is 0 Å². The molecule has 0 N–H and O–H groups in total. The zero-order valence-corrected chi connectivity index (χ0v) is 24.1. The Morgan fingerprint density at radius 3 is 1.45 bits per heavy atom. The van der Waals surface area contributed by atoms with Crippen LogP contribution in [0.3, 0.4) is 0 Å². The summed E-state index contributed by atoms with van der Waals surface area (Å²) in [7, 11) is 0. The average Bonchev–Trinajstić information content (AvgIpc) is 3.62. The maximum Gasteiger partial charge on any atom is 0.0789 e. The molecule has 2 aromatic heterocycles. The molecule has 0 radical (unpaired) electrons. The van der Waals surface area contributed by atoms with Crippen LogP contribution in [0.4, 0.5) is 0 Å². The van der Waals surface area contributed by atoms with E-state index in [1.54, 1.807) is 0 Å². The molecular weight excluding hydrogens is 532 g/mol. The fourth-order valence-corrected chi connectivity index (χ4v) is 6.98. The van der Waals surface area contributed by atoms with E-state index >= 15 is 0 Å². The van der Waals surface area contributed by atoms with E-state index in [0.29, 0.717) is 0 Å². The van der Waals surface area contributed by atoms with Gasteiger partial charge in [0, 0.05) is 32.8 Å². The van der Waals surface area contributed by atoms with Crippen LogP contribution in [0.5, 0.6) is 0 Å². The maximum absolute atomic E-state index is 2.49. The summed E-state index contributed by atoms with van der Waals surface area (Å²) in [6.45, 7) is 0. The molecule has 0 fully saturated rings. The molecule has 0 aliphatic rings. The van der Waals surface area contributed by atoms with Crippen LogP contribution < -0.4 is 0 Å². The van der Waals surface area contributed by atoms with Crippen LogP contribution in [0.1, 0.15) is 0 Å². The number of rotatable bonds is 4. The van der Waals surface area contributed by atoms with E-state index < -0.39 is 0 Å². The van der Waals surface area contributed by atoms with E-state index in [1.165, 1.54) is 71.6 Å². The molecule has 9 rings (SSSR count). The van der Waals surface area contributed by atoms with Crippen molar-refractivity contribution in [3.05, 3.63) is 170 Å². The first-order valence-corrected chi connectivity index (χ1v) is 15.1. The van der Waals surface area contributed by atoms with Gasteiger partial charge in [0.05, 0.1) is 27.8 Å². The molecule has 0 unspecified atom stereocenters. The Morgan fingerprint density at radius 1 is 0.295 bits per heavy atom. The maximum atomic E-state index is 2.49. The zero-order valence-electron chi connectivity index (χ0n) is 24.1. The van der Waals surface area contributed by atoms with Gasteiger partial charge in [-0.1, -0.05) is 140 Å². The van der Waals surface area contributed by atoms with Crippen molar-refractivity contribution in [1.29, 1.82) is 0 Å². The van der Waals surface area contributed by atoms with E-state index in [9.17, 15) is 0 Å². The van der Waals surface area contributed by atoms with Crippen molar-refractivity contribution in [1.82, 2.24) is 9.13 Å². The van der Waals surface area contributed by atoms with Gasteiger partial charge in [-0.15, -0.1) is 0 Å². The summed E-state index contributed by atoms with van der Waals surface area (Å²) in [5.74, 6) is 0. The number of hydrogen-bond acceptors (Lipinski definition) is 0. The monoisotopic (exact) mass is 560 g/mol. The predicted molar refractivity (Wildman–Crippen MR) is 186 cm³/mol. The summed E-state index contributed by atoms with van der Waals surface area (Å²) in [6, 6.07) is 61.3. The van der Waals surface area contributed by atoms with Crippen molar-refractivity contribution in [2.75, 3.05) is 0 Å². The molecule has 0 aliphatic heterocycles. The van der Waals surface area contributed by atoms with Crippen LogP contribution in [0.15, 0.2) is 170 Å². The van der Waals surface area contributed by atoms with Gasteiger partial charge in [0.25, 0.3) is 0 Å². The highest BCUT2D eigenvalue weighted by atomic mass is 15.0. The molecule has 7 aromatic carbocycles. The third kappa shape index (κ3) is 3.68. The Labute approximate surface area is 255 Å². The molecule has 0 atom stereocenters. The first kappa shape index (κ1) is 24.7. The molecule has 9 aromatic rings. The summed E-state index contributed by atoms with van der Waals surface area (Å²) >= 11 is 0. The van der Waals surface area contributed by atoms with Crippen molar-refractivity contribution in [2.24, 2.45) is 0 Å². The second-order valence-corrected chi connectivity index (χ2v) is 11.4. The minimum Gasteiger partial charge on any atom is -0.307 e. The van der Waals surface area contributed by atoms with E-state index in [2.05, 4.69) is 179 Å². The Kier molecular flexibility index (Phi) is 5.54. The van der Waals surface area contributed by atoms with E-state index in [4.69, 9.17) is 0 Å². The van der Waals surface area contributed by atoms with Crippen LogP contribution in [0, 0.1) is 0 Å². The van der Waals surface area contributed by atoms with Gasteiger partial charge < -0.3 is 9.13 Å². The Balaban J connectivity index is 1.39. The summed E-state index contributed by atoms with van der Waals surface area (Å²) in [5.41, 5.74) is 12.0. The van der Waals surface area contributed by atoms with Gasteiger partial charge in [0.2, 0.25) is 0 Å². The lowest BCUT2D eigenvalue weighted by molar-refractivity contribution is 1.15. The molecule has 0 saturated carbocycles. The SMILES string of the molecule is c1ccc(-c2ccc(-c3ccccc3-n3c4ccccc4c4ccc5c6ccccc6n(-c6ccccc6)c5c43)cc2)cc1. The first-order valence-electron chi connectivity index (χ1n) is 15.1. The number of nitrogens with zero attached hydrogens (tertiary/aromatic N) is 2. The summed E-state index contributed by atoms with van der Waals surface area (Å²) in [4.78, 5) is 0. The van der Waals surface area contributed by atoms with Crippen LogP contribution in [0.2, 0.25) is 0 Å². The normalized spacial score (nSPS) is 11.6. The average molecular weight is 561 g/mol. The lowest BCUT2D eigenvalue weighted by Crippen LogP contribution is -2.00. The molecular formula is C42H28N2. The highest BCUT2D eigenvalue weighted by Crippen LogP contribution is 2.43. The van der Waals surface area contributed by atoms with Gasteiger partial charge in [-0.2, -0.15) is 0 Å². The molecule has 44 heavy (non-hydrogen) atoms. The van der Waals surface area contributed by atoms with Crippen LogP contribution in [-0.2, 0) is 0 Å². The Morgan fingerprint density at radius 2 is 0.773 bits per heavy atom. The van der Waals surface area contributed by atoms with E-state index in [0.717, 1.165) is 5.69 Å². The number of fused-ring (bicyclic) bond motifs is 7. The van der Waals surface area contributed by atoms with E-state index in [1.807, 2.05) is 0 Å². The molecule has 0 spiro atoms. The Hall–Kier alpha value is -5.86. The van der Waals surface area contributed by atoms with Crippen molar-refractivity contribution in [3.63, 3.8) is 0 Å². The minimum absolute atomic E-state index is 1.16. The number of hydrogen-bond donors (Lipinski definition) is 0. The lowest BCUT2D eigenvalue weighted by atomic mass is 9.99. The van der Waals surface area contributed by atoms with Crippen molar-refractivity contribution >= 4 is 43.6 Å². The largest absolute Gasteiger partial charge is 0.307 e. The highest BCUT2D eigenvalue weighted by molar-refractivity contribution is 6.24. The van der Waals surface area contributed by atoms with E-state index in [-0.39, 0.29) is 0 Å². The Bertz CT molecular complexity index is 2460. The third-order valence-electron chi connectivity index (χ3n) is 8.93. The molecule has 2 heteroatoms. The molecule has 0 bridgehead atoms. The summed E-state index contributed by atoms with van der Waals surface area (Å²) < 4.78 is 4.94. The fraction of sp³-hybridized carbons (Fsp3) is 0. The molecule has 206 valence electrons. The molecule has 0 amide bonds. The third-order valence-corrected chi connectivity index (χ3v) is 8.93. The standard InChI is InChI=1S/C42H28N2/c1-3-13-29(14-4-1)30-23-25-31(26-24-30)33-17-7-10-20-38(33)44-40-22-12-9-19-35(40)37-28-27-36-34-18-8-11-21-39(34)43(41(36)42(37)44)32-15-5-2-6-16-32/h1-28H. The molecule has 0 saturated heterocycles. The quantitative estimate of drug-likeness (QED) is 0.203. The number of para-hydroxylation sites is 4. The van der Waals surface area contributed by atoms with Crippen LogP contribution in [-0.4, -0.2) is 9.13 Å². The van der Waals surface area contributed by atoms with Crippen LogP contribution >= 0.6 is 0 Å². The van der Waals surface area contributed by atoms with Crippen molar-refractivity contribution in [3.8, 4) is 33.6 Å². The van der Waals surface area contributed by atoms with Gasteiger partial charge in [-0.25, -0.2) is 0 Å².